The van der Waals surface area contributed by atoms with Gasteiger partial charge in [-0.05, 0) is 78.3 Å². The second-order valence-corrected chi connectivity index (χ2v) is 10.0. The van der Waals surface area contributed by atoms with E-state index in [0.29, 0.717) is 32.7 Å². The molecule has 3 aromatic carbocycles. The number of aliphatic hydroxyl groups is 1. The molecule has 0 saturated heterocycles. The van der Waals surface area contributed by atoms with Crippen molar-refractivity contribution < 1.29 is 29.2 Å². The van der Waals surface area contributed by atoms with Crippen molar-refractivity contribution >= 4 is 18.1 Å². The third-order valence-corrected chi connectivity index (χ3v) is 7.37. The van der Waals surface area contributed by atoms with Crippen molar-refractivity contribution in [2.75, 3.05) is 26.4 Å². The molecule has 0 spiro atoms. The van der Waals surface area contributed by atoms with E-state index in [4.69, 9.17) is 14.2 Å². The number of carboxylic acids is 1. The molecule has 0 amide bonds. The molecular formula is C31H32O6. The van der Waals surface area contributed by atoms with E-state index in [1.807, 2.05) is 12.1 Å². The molecule has 2 N–H and O–H groups in total. The predicted molar refractivity (Wildman–Crippen MR) is 143 cm³/mol. The third kappa shape index (κ3) is 5.07. The molecule has 3 aromatic rings. The molecule has 0 saturated carbocycles. The monoisotopic (exact) mass is 500 g/mol. The fraction of sp³-hybridized carbons (Fsp3) is 0.323. The summed E-state index contributed by atoms with van der Waals surface area (Å²) in [7, 11) is 0. The van der Waals surface area contributed by atoms with Crippen LogP contribution in [0, 0.1) is 12.3 Å². The van der Waals surface area contributed by atoms with Gasteiger partial charge in [0.2, 0.25) is 0 Å². The summed E-state index contributed by atoms with van der Waals surface area (Å²) >= 11 is 0. The van der Waals surface area contributed by atoms with Gasteiger partial charge >= 0.3 is 5.97 Å². The minimum atomic E-state index is -1.16. The van der Waals surface area contributed by atoms with Crippen LogP contribution < -0.4 is 14.2 Å². The summed E-state index contributed by atoms with van der Waals surface area (Å²) in [5, 5.41) is 19.1. The predicted octanol–water partition coefficient (Wildman–Crippen LogP) is 5.55. The molecule has 37 heavy (non-hydrogen) atoms. The highest BCUT2D eigenvalue weighted by atomic mass is 16.6. The van der Waals surface area contributed by atoms with E-state index in [2.05, 4.69) is 55.5 Å². The van der Waals surface area contributed by atoms with E-state index in [-0.39, 0.29) is 6.61 Å². The van der Waals surface area contributed by atoms with Crippen molar-refractivity contribution in [1.82, 2.24) is 0 Å². The Morgan fingerprint density at radius 1 is 0.973 bits per heavy atom. The van der Waals surface area contributed by atoms with E-state index in [9.17, 15) is 15.0 Å². The van der Waals surface area contributed by atoms with E-state index < -0.39 is 11.4 Å². The second-order valence-electron chi connectivity index (χ2n) is 10.0. The van der Waals surface area contributed by atoms with Crippen LogP contribution in [0.5, 0.6) is 17.2 Å². The zero-order valence-corrected chi connectivity index (χ0v) is 21.3. The van der Waals surface area contributed by atoms with Crippen molar-refractivity contribution in [3.8, 4) is 28.4 Å². The Hall–Kier alpha value is -3.77. The van der Waals surface area contributed by atoms with Crippen molar-refractivity contribution in [2.45, 2.75) is 33.1 Å². The van der Waals surface area contributed by atoms with Gasteiger partial charge < -0.3 is 24.4 Å². The highest BCUT2D eigenvalue weighted by Crippen LogP contribution is 2.37. The van der Waals surface area contributed by atoms with Crippen LogP contribution >= 0.6 is 0 Å². The number of carbonyl (C=O) groups is 1. The number of rotatable bonds is 8. The number of aryl methyl sites for hydroxylation is 1. The van der Waals surface area contributed by atoms with Gasteiger partial charge in [-0.15, -0.1) is 0 Å². The summed E-state index contributed by atoms with van der Waals surface area (Å²) in [6, 6.07) is 16.5. The van der Waals surface area contributed by atoms with Crippen LogP contribution in [0.4, 0.5) is 0 Å². The molecule has 2 heterocycles. The summed E-state index contributed by atoms with van der Waals surface area (Å²) in [4.78, 5) is 11.6. The van der Waals surface area contributed by atoms with E-state index >= 15 is 0 Å². The maximum Gasteiger partial charge on any atom is 0.311 e. The Balaban J connectivity index is 1.43. The van der Waals surface area contributed by atoms with Gasteiger partial charge in [-0.2, -0.15) is 0 Å². The molecule has 0 bridgehead atoms. The minimum absolute atomic E-state index is 0.359. The lowest BCUT2D eigenvalue weighted by Crippen LogP contribution is -2.32. The number of carboxylic acid groups (broad SMARTS) is 1. The second kappa shape index (κ2) is 10.3. The van der Waals surface area contributed by atoms with Crippen LogP contribution in [0.3, 0.4) is 0 Å². The number of hydrogen-bond acceptors (Lipinski definition) is 5. The van der Waals surface area contributed by atoms with Crippen LogP contribution in [0.15, 0.2) is 48.5 Å². The largest absolute Gasteiger partial charge is 0.492 e. The molecule has 2 aliphatic rings. The smallest absolute Gasteiger partial charge is 0.311 e. The van der Waals surface area contributed by atoms with Crippen molar-refractivity contribution in [1.29, 1.82) is 0 Å². The first-order valence-corrected chi connectivity index (χ1v) is 12.7. The first kappa shape index (κ1) is 24.9. The Morgan fingerprint density at radius 3 is 2.54 bits per heavy atom. The Bertz CT molecular complexity index is 1360. The molecular weight excluding hydrogens is 468 g/mol. The lowest BCUT2D eigenvalue weighted by atomic mass is 9.84. The zero-order chi connectivity index (χ0) is 26.0. The molecule has 6 nitrogen and oxygen atoms in total. The quantitative estimate of drug-likeness (QED) is 0.394. The topological polar surface area (TPSA) is 85.2 Å². The molecule has 0 radical (unpaired) electrons. The Morgan fingerprint density at radius 2 is 1.76 bits per heavy atom. The standard InChI is InChI=1S/C31H32O6/c1-20-22(4-3-5-26(20)23-8-9-27-28(18-23)36-15-14-35-27)6-7-24-16-21(17-25-11-13-37-29(24)25)10-12-31(2,19-32)30(33)34/h3-9,16-18,32H,10-15,19H2,1-2H3,(H,33,34)/b7-6+. The van der Waals surface area contributed by atoms with Crippen LogP contribution in [-0.4, -0.2) is 42.6 Å². The third-order valence-electron chi connectivity index (χ3n) is 7.37. The number of ether oxygens (including phenoxy) is 3. The summed E-state index contributed by atoms with van der Waals surface area (Å²) in [5.41, 5.74) is 6.48. The molecule has 5 rings (SSSR count). The lowest BCUT2D eigenvalue weighted by molar-refractivity contribution is -0.150. The van der Waals surface area contributed by atoms with Crippen molar-refractivity contribution in [2.24, 2.45) is 5.41 Å². The molecule has 6 heteroatoms. The van der Waals surface area contributed by atoms with Gasteiger partial charge in [0.05, 0.1) is 18.6 Å². The molecule has 0 fully saturated rings. The van der Waals surface area contributed by atoms with Gasteiger partial charge in [0.15, 0.2) is 11.5 Å². The fourth-order valence-corrected chi connectivity index (χ4v) is 4.89. The van der Waals surface area contributed by atoms with E-state index in [1.165, 1.54) is 0 Å². The highest BCUT2D eigenvalue weighted by Gasteiger charge is 2.32. The first-order valence-electron chi connectivity index (χ1n) is 12.7. The van der Waals surface area contributed by atoms with E-state index in [1.54, 1.807) is 6.92 Å². The molecule has 1 unspecified atom stereocenters. The van der Waals surface area contributed by atoms with Gasteiger partial charge in [-0.25, -0.2) is 0 Å². The molecule has 0 aliphatic carbocycles. The molecule has 0 aromatic heterocycles. The van der Waals surface area contributed by atoms with Crippen LogP contribution in [0.25, 0.3) is 23.3 Å². The van der Waals surface area contributed by atoms with E-state index in [0.717, 1.165) is 62.6 Å². The summed E-state index contributed by atoms with van der Waals surface area (Å²) in [5.74, 6) is 1.46. The fourth-order valence-electron chi connectivity index (χ4n) is 4.89. The van der Waals surface area contributed by atoms with Gasteiger partial charge in [0.1, 0.15) is 19.0 Å². The minimum Gasteiger partial charge on any atom is -0.492 e. The maximum absolute atomic E-state index is 11.6. The SMILES string of the molecule is Cc1c(/C=C/c2cc(CCC(C)(CO)C(=O)O)cc3c2OCC3)cccc1-c1ccc2c(c1)OCCO2. The Labute approximate surface area is 217 Å². The number of hydrogen-bond donors (Lipinski definition) is 2. The lowest BCUT2D eigenvalue weighted by Gasteiger charge is -2.22. The number of aliphatic carboxylic acids is 1. The number of benzene rings is 3. The van der Waals surface area contributed by atoms with Gasteiger partial charge in [-0.1, -0.05) is 42.5 Å². The summed E-state index contributed by atoms with van der Waals surface area (Å²) in [6.45, 7) is 5.08. The molecule has 1 atom stereocenters. The van der Waals surface area contributed by atoms with Gasteiger partial charge in [0.25, 0.3) is 0 Å². The first-order chi connectivity index (χ1) is 17.9. The van der Waals surface area contributed by atoms with Crippen LogP contribution in [0.2, 0.25) is 0 Å². The normalized spacial score (nSPS) is 15.8. The zero-order valence-electron chi connectivity index (χ0n) is 21.3. The van der Waals surface area contributed by atoms with Gasteiger partial charge in [-0.3, -0.25) is 4.79 Å². The average Bonchev–Trinajstić information content (AvgIpc) is 3.39. The summed E-state index contributed by atoms with van der Waals surface area (Å²) < 4.78 is 17.4. The molecule has 192 valence electrons. The molecule has 2 aliphatic heterocycles. The van der Waals surface area contributed by atoms with Crippen LogP contribution in [0.1, 0.15) is 41.2 Å². The maximum atomic E-state index is 11.6. The highest BCUT2D eigenvalue weighted by molar-refractivity contribution is 5.80. The van der Waals surface area contributed by atoms with Gasteiger partial charge in [0, 0.05) is 12.0 Å². The summed E-state index contributed by atoms with van der Waals surface area (Å²) in [6.07, 6.45) is 5.94. The Kier molecular flexibility index (Phi) is 6.94. The van der Waals surface area contributed by atoms with Crippen molar-refractivity contribution in [3.63, 3.8) is 0 Å². The average molecular weight is 501 g/mol. The number of aliphatic hydroxyl groups excluding tert-OH is 1. The number of fused-ring (bicyclic) bond motifs is 2. The van der Waals surface area contributed by atoms with Crippen molar-refractivity contribution in [3.05, 3.63) is 76.3 Å². The van der Waals surface area contributed by atoms with Crippen LogP contribution in [-0.2, 0) is 17.6 Å².